The number of rotatable bonds is 6. The van der Waals surface area contributed by atoms with E-state index in [1.807, 2.05) is 6.92 Å². The molecule has 17 heavy (non-hydrogen) atoms. The summed E-state index contributed by atoms with van der Waals surface area (Å²) in [6, 6.07) is 0. The lowest BCUT2D eigenvalue weighted by Crippen LogP contribution is -2.32. The first kappa shape index (κ1) is 12.9. The maximum Gasteiger partial charge on any atom is 0.309 e. The van der Waals surface area contributed by atoms with E-state index in [0.717, 1.165) is 6.42 Å². The monoisotopic (exact) mass is 260 g/mol. The average molecular weight is 260 g/mol. The molecule has 2 atom stereocenters. The quantitative estimate of drug-likeness (QED) is 0.789. The zero-order chi connectivity index (χ0) is 12.7. The number of hydrogen-bond acceptors (Lipinski definition) is 3. The molecular formula is C12H20O4S. The van der Waals surface area contributed by atoms with Crippen molar-refractivity contribution < 1.29 is 18.3 Å². The molecule has 0 amide bonds. The first-order valence-electron chi connectivity index (χ1n) is 6.32. The van der Waals surface area contributed by atoms with Gasteiger partial charge in [-0.05, 0) is 43.9 Å². The van der Waals surface area contributed by atoms with Crippen LogP contribution in [0.2, 0.25) is 0 Å². The van der Waals surface area contributed by atoms with Crippen LogP contribution in [0.1, 0.15) is 39.0 Å². The number of aliphatic carboxylic acids is 1. The minimum Gasteiger partial charge on any atom is -0.481 e. The second kappa shape index (κ2) is 4.26. The third-order valence-corrected chi connectivity index (χ3v) is 6.09. The van der Waals surface area contributed by atoms with Crippen LogP contribution < -0.4 is 0 Å². The highest BCUT2D eigenvalue weighted by atomic mass is 32.2. The SMILES string of the molecule is CCCS(=O)(=O)CCC1(C(=O)O)CC2CC2C1. The first-order chi connectivity index (χ1) is 7.88. The van der Waals surface area contributed by atoms with E-state index in [0.29, 0.717) is 37.5 Å². The van der Waals surface area contributed by atoms with Crippen molar-refractivity contribution in [1.82, 2.24) is 0 Å². The molecule has 0 aromatic heterocycles. The van der Waals surface area contributed by atoms with E-state index in [1.54, 1.807) is 0 Å². The molecule has 2 aliphatic rings. The van der Waals surface area contributed by atoms with E-state index in [-0.39, 0.29) is 11.5 Å². The Bertz CT molecular complexity index is 402. The Labute approximate surface area is 102 Å². The molecular weight excluding hydrogens is 240 g/mol. The summed E-state index contributed by atoms with van der Waals surface area (Å²) in [7, 11) is -3.06. The lowest BCUT2D eigenvalue weighted by Gasteiger charge is -2.25. The first-order valence-corrected chi connectivity index (χ1v) is 8.14. The van der Waals surface area contributed by atoms with E-state index >= 15 is 0 Å². The van der Waals surface area contributed by atoms with Gasteiger partial charge in [-0.15, -0.1) is 0 Å². The molecule has 0 spiro atoms. The van der Waals surface area contributed by atoms with Crippen LogP contribution >= 0.6 is 0 Å². The fraction of sp³-hybridized carbons (Fsp3) is 0.917. The van der Waals surface area contributed by atoms with Gasteiger partial charge in [0.1, 0.15) is 9.84 Å². The highest BCUT2D eigenvalue weighted by Gasteiger charge is 2.57. The molecule has 2 aliphatic carbocycles. The van der Waals surface area contributed by atoms with E-state index in [2.05, 4.69) is 0 Å². The predicted octanol–water partition coefficient (Wildman–Crippen LogP) is 1.70. The van der Waals surface area contributed by atoms with Crippen molar-refractivity contribution in [2.45, 2.75) is 39.0 Å². The fourth-order valence-electron chi connectivity index (χ4n) is 3.15. The Kier molecular flexibility index (Phi) is 3.23. The van der Waals surface area contributed by atoms with Gasteiger partial charge < -0.3 is 5.11 Å². The lowest BCUT2D eigenvalue weighted by atomic mass is 9.80. The van der Waals surface area contributed by atoms with E-state index in [1.165, 1.54) is 0 Å². The Morgan fingerprint density at radius 1 is 1.29 bits per heavy atom. The van der Waals surface area contributed by atoms with Crippen molar-refractivity contribution >= 4 is 15.8 Å². The molecule has 4 nitrogen and oxygen atoms in total. The number of carboxylic acids is 1. The molecule has 2 saturated carbocycles. The van der Waals surface area contributed by atoms with Crippen LogP contribution in [0, 0.1) is 17.3 Å². The lowest BCUT2D eigenvalue weighted by molar-refractivity contribution is -0.149. The maximum atomic E-state index is 11.7. The summed E-state index contributed by atoms with van der Waals surface area (Å²) < 4.78 is 23.3. The summed E-state index contributed by atoms with van der Waals surface area (Å²) >= 11 is 0. The van der Waals surface area contributed by atoms with Crippen LogP contribution in [0.3, 0.4) is 0 Å². The summed E-state index contributed by atoms with van der Waals surface area (Å²) in [5.41, 5.74) is -0.742. The van der Waals surface area contributed by atoms with Crippen molar-refractivity contribution in [1.29, 1.82) is 0 Å². The predicted molar refractivity (Wildman–Crippen MR) is 64.5 cm³/mol. The Morgan fingerprint density at radius 3 is 2.35 bits per heavy atom. The second-order valence-electron chi connectivity index (χ2n) is 5.65. The fourth-order valence-corrected chi connectivity index (χ4v) is 4.67. The van der Waals surface area contributed by atoms with Gasteiger partial charge in [-0.25, -0.2) is 8.42 Å². The van der Waals surface area contributed by atoms with Crippen molar-refractivity contribution in [3.63, 3.8) is 0 Å². The minimum absolute atomic E-state index is 0.0343. The summed E-state index contributed by atoms with van der Waals surface area (Å²) in [6.07, 6.45) is 3.44. The second-order valence-corrected chi connectivity index (χ2v) is 7.96. The van der Waals surface area contributed by atoms with Crippen molar-refractivity contribution in [2.75, 3.05) is 11.5 Å². The highest BCUT2D eigenvalue weighted by molar-refractivity contribution is 7.91. The molecule has 0 saturated heterocycles. The Morgan fingerprint density at radius 2 is 1.88 bits per heavy atom. The number of sulfone groups is 1. The Hall–Kier alpha value is -0.580. The van der Waals surface area contributed by atoms with Crippen LogP contribution in [-0.2, 0) is 14.6 Å². The van der Waals surface area contributed by atoms with Crippen molar-refractivity contribution in [2.24, 2.45) is 17.3 Å². The van der Waals surface area contributed by atoms with E-state index < -0.39 is 21.2 Å². The molecule has 0 aromatic carbocycles. The van der Waals surface area contributed by atoms with Crippen molar-refractivity contribution in [3.8, 4) is 0 Å². The molecule has 2 unspecified atom stereocenters. The molecule has 5 heteroatoms. The maximum absolute atomic E-state index is 11.7. The summed E-state index contributed by atoms with van der Waals surface area (Å²) in [5.74, 6) is 0.527. The smallest absolute Gasteiger partial charge is 0.309 e. The highest BCUT2D eigenvalue weighted by Crippen LogP contribution is 2.61. The molecule has 0 aromatic rings. The standard InChI is InChI=1S/C12H20O4S/c1-2-4-17(15,16)5-3-12(11(13)14)7-9-6-10(9)8-12/h9-10H,2-8H2,1H3,(H,13,14). The number of fused-ring (bicyclic) bond motifs is 1. The minimum atomic E-state index is -3.06. The van der Waals surface area contributed by atoms with Crippen LogP contribution in [0.25, 0.3) is 0 Å². The summed E-state index contributed by atoms with van der Waals surface area (Å²) in [5, 5.41) is 9.33. The molecule has 0 heterocycles. The average Bonchev–Trinajstić information content (AvgIpc) is 2.84. The number of carboxylic acid groups (broad SMARTS) is 1. The van der Waals surface area contributed by atoms with Crippen LogP contribution in [0.4, 0.5) is 0 Å². The molecule has 0 aliphatic heterocycles. The van der Waals surface area contributed by atoms with Gasteiger partial charge in [0.25, 0.3) is 0 Å². The Balaban J connectivity index is 1.98. The van der Waals surface area contributed by atoms with Gasteiger partial charge in [0, 0.05) is 5.75 Å². The van der Waals surface area contributed by atoms with Gasteiger partial charge in [-0.3, -0.25) is 4.79 Å². The van der Waals surface area contributed by atoms with Gasteiger partial charge in [-0.1, -0.05) is 6.92 Å². The molecule has 0 bridgehead atoms. The van der Waals surface area contributed by atoms with Gasteiger partial charge in [-0.2, -0.15) is 0 Å². The van der Waals surface area contributed by atoms with Gasteiger partial charge >= 0.3 is 5.97 Å². The van der Waals surface area contributed by atoms with Gasteiger partial charge in [0.2, 0.25) is 0 Å². The van der Waals surface area contributed by atoms with Crippen LogP contribution in [-0.4, -0.2) is 31.0 Å². The molecule has 2 fully saturated rings. The number of hydrogen-bond donors (Lipinski definition) is 1. The molecule has 1 N–H and O–H groups in total. The zero-order valence-electron chi connectivity index (χ0n) is 10.2. The van der Waals surface area contributed by atoms with Crippen molar-refractivity contribution in [3.05, 3.63) is 0 Å². The van der Waals surface area contributed by atoms with Gasteiger partial charge in [0.05, 0.1) is 11.2 Å². The van der Waals surface area contributed by atoms with Crippen LogP contribution in [0.5, 0.6) is 0 Å². The third kappa shape index (κ3) is 2.64. The van der Waals surface area contributed by atoms with Gasteiger partial charge in [0.15, 0.2) is 0 Å². The molecule has 98 valence electrons. The third-order valence-electron chi connectivity index (χ3n) is 4.24. The topological polar surface area (TPSA) is 71.4 Å². The molecule has 0 radical (unpaired) electrons. The van der Waals surface area contributed by atoms with E-state index in [4.69, 9.17) is 0 Å². The largest absolute Gasteiger partial charge is 0.481 e. The summed E-state index contributed by atoms with van der Waals surface area (Å²) in [6.45, 7) is 1.83. The molecule has 2 rings (SSSR count). The number of carbonyl (C=O) groups is 1. The summed E-state index contributed by atoms with van der Waals surface area (Å²) in [4.78, 5) is 11.4. The zero-order valence-corrected chi connectivity index (χ0v) is 11.0. The normalized spacial score (nSPS) is 35.6. The van der Waals surface area contributed by atoms with Crippen LogP contribution in [0.15, 0.2) is 0 Å². The van der Waals surface area contributed by atoms with E-state index in [9.17, 15) is 18.3 Å².